The zero-order valence-electron chi connectivity index (χ0n) is 12.0. The van der Waals surface area contributed by atoms with Crippen molar-refractivity contribution in [2.45, 2.75) is 12.6 Å². The third-order valence-corrected chi connectivity index (χ3v) is 3.49. The Kier molecular flexibility index (Phi) is 5.65. The van der Waals surface area contributed by atoms with Crippen LogP contribution in [0.2, 0.25) is 0 Å². The van der Waals surface area contributed by atoms with Crippen molar-refractivity contribution >= 4 is 33.2 Å². The molecule has 0 radical (unpaired) electrons. The maximum Gasteiger partial charge on any atom is 0.405 e. The molecule has 2 aromatic carbocycles. The largest absolute Gasteiger partial charge is 0.405 e. The quantitative estimate of drug-likeness (QED) is 0.787. The van der Waals surface area contributed by atoms with Crippen LogP contribution in [0.4, 0.5) is 24.5 Å². The Morgan fingerprint density at radius 3 is 2.22 bits per heavy atom. The predicted molar refractivity (Wildman–Crippen MR) is 87.5 cm³/mol. The fraction of sp³-hybridized carbons (Fsp3) is 0.188. The molecule has 7 heteroatoms. The third-order valence-electron chi connectivity index (χ3n) is 2.96. The Hall–Kier alpha value is -2.02. The number of rotatable bonds is 5. The second-order valence-corrected chi connectivity index (χ2v) is 5.78. The second kappa shape index (κ2) is 7.50. The van der Waals surface area contributed by atoms with Crippen LogP contribution in [0.25, 0.3) is 0 Å². The summed E-state index contributed by atoms with van der Waals surface area (Å²) in [5.74, 6) is -0.298. The Balaban J connectivity index is 2.01. The highest BCUT2D eigenvalue weighted by molar-refractivity contribution is 9.10. The molecule has 0 bridgehead atoms. The van der Waals surface area contributed by atoms with Gasteiger partial charge in [0.05, 0.1) is 17.8 Å². The van der Waals surface area contributed by atoms with Gasteiger partial charge in [0.2, 0.25) is 5.91 Å². The van der Waals surface area contributed by atoms with Crippen LogP contribution in [-0.2, 0) is 11.2 Å². The highest BCUT2D eigenvalue weighted by Gasteiger charge is 2.27. The van der Waals surface area contributed by atoms with Crippen LogP contribution in [0, 0.1) is 0 Å². The third kappa shape index (κ3) is 5.94. The smallest absolute Gasteiger partial charge is 0.375 e. The summed E-state index contributed by atoms with van der Waals surface area (Å²) in [6, 6.07) is 13.5. The van der Waals surface area contributed by atoms with Crippen molar-refractivity contribution in [1.82, 2.24) is 0 Å². The molecule has 0 aliphatic carbocycles. The van der Waals surface area contributed by atoms with Gasteiger partial charge >= 0.3 is 6.18 Å². The lowest BCUT2D eigenvalue weighted by Gasteiger charge is -2.14. The van der Waals surface area contributed by atoms with Crippen LogP contribution in [0.15, 0.2) is 53.0 Å². The lowest BCUT2D eigenvalue weighted by Crippen LogP contribution is -2.22. The zero-order valence-corrected chi connectivity index (χ0v) is 13.5. The van der Waals surface area contributed by atoms with Gasteiger partial charge in [-0.3, -0.25) is 4.79 Å². The van der Waals surface area contributed by atoms with E-state index in [4.69, 9.17) is 0 Å². The number of halogens is 4. The number of benzene rings is 2. The molecular weight excluding hydrogens is 373 g/mol. The van der Waals surface area contributed by atoms with Gasteiger partial charge in [0.1, 0.15) is 6.54 Å². The number of amides is 1. The first-order valence-electron chi connectivity index (χ1n) is 6.77. The van der Waals surface area contributed by atoms with Crippen LogP contribution in [0.5, 0.6) is 0 Å². The first-order valence-corrected chi connectivity index (χ1v) is 7.57. The Morgan fingerprint density at radius 2 is 1.61 bits per heavy atom. The van der Waals surface area contributed by atoms with E-state index in [1.807, 2.05) is 12.1 Å². The molecule has 0 aromatic heterocycles. The summed E-state index contributed by atoms with van der Waals surface area (Å²) in [4.78, 5) is 12.0. The minimum absolute atomic E-state index is 0.140. The molecule has 0 unspecified atom stereocenters. The summed E-state index contributed by atoms with van der Waals surface area (Å²) in [5, 5.41) is 4.91. The monoisotopic (exact) mass is 386 g/mol. The van der Waals surface area contributed by atoms with Crippen molar-refractivity contribution in [3.63, 3.8) is 0 Å². The summed E-state index contributed by atoms with van der Waals surface area (Å²) < 4.78 is 37.8. The fourth-order valence-electron chi connectivity index (χ4n) is 1.92. The number of alkyl halides is 3. The maximum absolute atomic E-state index is 12.3. The Bertz CT molecular complexity index is 672. The van der Waals surface area contributed by atoms with Gasteiger partial charge in [-0.2, -0.15) is 13.2 Å². The van der Waals surface area contributed by atoms with Crippen molar-refractivity contribution in [3.8, 4) is 0 Å². The number of nitrogens with one attached hydrogen (secondary N) is 2. The van der Waals surface area contributed by atoms with E-state index in [-0.39, 0.29) is 18.0 Å². The van der Waals surface area contributed by atoms with Crippen LogP contribution in [-0.4, -0.2) is 18.6 Å². The molecule has 0 fully saturated rings. The summed E-state index contributed by atoms with van der Waals surface area (Å²) in [7, 11) is 0. The van der Waals surface area contributed by atoms with E-state index in [1.54, 1.807) is 30.3 Å². The summed E-state index contributed by atoms with van der Waals surface area (Å²) in [5.41, 5.74) is 1.36. The van der Waals surface area contributed by atoms with Gasteiger partial charge in [-0.15, -0.1) is 0 Å². The van der Waals surface area contributed by atoms with Crippen LogP contribution >= 0.6 is 15.9 Å². The van der Waals surface area contributed by atoms with Crippen molar-refractivity contribution < 1.29 is 18.0 Å². The first-order chi connectivity index (χ1) is 10.8. The molecule has 0 aliphatic heterocycles. The highest BCUT2D eigenvalue weighted by atomic mass is 79.9. The van der Waals surface area contributed by atoms with Gasteiger partial charge in [0.15, 0.2) is 0 Å². The van der Waals surface area contributed by atoms with Crippen LogP contribution in [0.3, 0.4) is 0 Å². The fourth-order valence-corrected chi connectivity index (χ4v) is 2.19. The first kappa shape index (κ1) is 17.3. The van der Waals surface area contributed by atoms with Gasteiger partial charge in [-0.05, 0) is 29.8 Å². The van der Waals surface area contributed by atoms with Crippen LogP contribution in [0.1, 0.15) is 5.56 Å². The molecule has 1 amide bonds. The van der Waals surface area contributed by atoms with Crippen LogP contribution < -0.4 is 10.6 Å². The molecule has 0 atom stereocenters. The summed E-state index contributed by atoms with van der Waals surface area (Å²) >= 11 is 3.31. The molecular formula is C16H14BrF3N2O. The topological polar surface area (TPSA) is 41.1 Å². The standard InChI is InChI=1S/C16H14BrF3N2O/c17-12-7-5-11(6-8-12)9-15(23)22-14-4-2-1-3-13(14)21-10-16(18,19)20/h1-8,21H,9-10H2,(H,22,23). The molecule has 0 saturated carbocycles. The molecule has 2 rings (SSSR count). The van der Waals surface area contributed by atoms with E-state index >= 15 is 0 Å². The predicted octanol–water partition coefficient (Wildman–Crippen LogP) is 4.60. The average molecular weight is 387 g/mol. The number of hydrogen-bond acceptors (Lipinski definition) is 2. The van der Waals surface area contributed by atoms with E-state index in [0.29, 0.717) is 5.69 Å². The second-order valence-electron chi connectivity index (χ2n) is 4.87. The van der Waals surface area contributed by atoms with E-state index in [2.05, 4.69) is 26.6 Å². The molecule has 2 N–H and O–H groups in total. The number of anilines is 2. The number of carbonyl (C=O) groups is 1. The zero-order chi connectivity index (χ0) is 16.9. The SMILES string of the molecule is O=C(Cc1ccc(Br)cc1)Nc1ccccc1NCC(F)(F)F. The highest BCUT2D eigenvalue weighted by Crippen LogP contribution is 2.24. The molecule has 0 saturated heterocycles. The summed E-state index contributed by atoms with van der Waals surface area (Å²) in [6.45, 7) is -1.16. The molecule has 23 heavy (non-hydrogen) atoms. The van der Waals surface area contributed by atoms with Crippen molar-refractivity contribution in [2.24, 2.45) is 0 Å². The molecule has 0 spiro atoms. The molecule has 3 nitrogen and oxygen atoms in total. The summed E-state index contributed by atoms with van der Waals surface area (Å²) in [6.07, 6.45) is -4.19. The van der Waals surface area contributed by atoms with Crippen molar-refractivity contribution in [3.05, 3.63) is 58.6 Å². The lowest BCUT2D eigenvalue weighted by atomic mass is 10.1. The van der Waals surface area contributed by atoms with Gasteiger partial charge in [-0.25, -0.2) is 0 Å². The van der Waals surface area contributed by atoms with Gasteiger partial charge in [0.25, 0.3) is 0 Å². The molecule has 122 valence electrons. The lowest BCUT2D eigenvalue weighted by molar-refractivity contribution is -0.116. The van der Waals surface area contributed by atoms with E-state index < -0.39 is 12.7 Å². The number of carbonyl (C=O) groups excluding carboxylic acids is 1. The Labute approximate surface area is 140 Å². The van der Waals surface area contributed by atoms with E-state index in [1.165, 1.54) is 6.07 Å². The normalized spacial score (nSPS) is 11.1. The van der Waals surface area contributed by atoms with E-state index in [9.17, 15) is 18.0 Å². The molecule has 2 aromatic rings. The minimum Gasteiger partial charge on any atom is -0.375 e. The maximum atomic E-state index is 12.3. The Morgan fingerprint density at radius 1 is 1.00 bits per heavy atom. The van der Waals surface area contributed by atoms with E-state index in [0.717, 1.165) is 10.0 Å². The molecule has 0 aliphatic rings. The number of para-hydroxylation sites is 2. The van der Waals surface area contributed by atoms with Gasteiger partial charge < -0.3 is 10.6 Å². The number of hydrogen-bond donors (Lipinski definition) is 2. The van der Waals surface area contributed by atoms with Gasteiger partial charge in [0, 0.05) is 4.47 Å². The minimum atomic E-state index is -4.32. The average Bonchev–Trinajstić information content (AvgIpc) is 2.48. The molecule has 0 heterocycles. The van der Waals surface area contributed by atoms with Crippen molar-refractivity contribution in [1.29, 1.82) is 0 Å². The van der Waals surface area contributed by atoms with Gasteiger partial charge in [-0.1, -0.05) is 40.2 Å². The van der Waals surface area contributed by atoms with Crippen molar-refractivity contribution in [2.75, 3.05) is 17.2 Å².